The predicted octanol–water partition coefficient (Wildman–Crippen LogP) is 3.48. The van der Waals surface area contributed by atoms with Crippen molar-refractivity contribution < 1.29 is 0 Å². The van der Waals surface area contributed by atoms with Crippen LogP contribution in [0.5, 0.6) is 0 Å². The van der Waals surface area contributed by atoms with Crippen LogP contribution >= 0.6 is 0 Å². The van der Waals surface area contributed by atoms with Gasteiger partial charge in [0.2, 0.25) is 0 Å². The van der Waals surface area contributed by atoms with Crippen LogP contribution in [0.15, 0.2) is 54.6 Å². The Kier molecular flexibility index (Phi) is 1.65. The second-order valence-electron chi connectivity index (χ2n) is 3.73. The highest BCUT2D eigenvalue weighted by Gasteiger charge is 2.18. The van der Waals surface area contributed by atoms with Crippen molar-refractivity contribution in [2.45, 2.75) is 0 Å². The molecule has 2 N–H and O–H groups in total. The summed E-state index contributed by atoms with van der Waals surface area (Å²) < 4.78 is 0. The zero-order valence-corrected chi connectivity index (χ0v) is 8.27. The molecule has 15 heavy (non-hydrogen) atoms. The molecule has 0 saturated heterocycles. The van der Waals surface area contributed by atoms with Crippen LogP contribution in [-0.2, 0) is 0 Å². The molecule has 0 unspecified atom stereocenters. The van der Waals surface area contributed by atoms with Gasteiger partial charge in [0.1, 0.15) is 0 Å². The lowest BCUT2D eigenvalue weighted by molar-refractivity contribution is 1.60. The third kappa shape index (κ3) is 1.17. The lowest BCUT2D eigenvalue weighted by Gasteiger charge is -2.19. The summed E-state index contributed by atoms with van der Waals surface area (Å²) in [6, 6.07) is 18.6. The second-order valence-corrected chi connectivity index (χ2v) is 3.73. The topological polar surface area (TPSA) is 26.0 Å². The number of fused-ring (bicyclic) bond motifs is 4. The molecular formula is C14H11N. The Morgan fingerprint density at radius 1 is 0.533 bits per heavy atom. The Balaban J connectivity index is 2.37. The quantitative estimate of drug-likeness (QED) is 0.581. The van der Waals surface area contributed by atoms with E-state index >= 15 is 0 Å². The standard InChI is InChI=1S/C14H11N/c15-10-6-8-13-11-4-2-1-3-5-12(11)14(13)9-7-10/h1-9H,15H2. The molecule has 0 radical (unpaired) electrons. The summed E-state index contributed by atoms with van der Waals surface area (Å²) in [7, 11) is 0. The van der Waals surface area contributed by atoms with Gasteiger partial charge in [0, 0.05) is 5.69 Å². The van der Waals surface area contributed by atoms with Crippen LogP contribution in [0.3, 0.4) is 0 Å². The maximum atomic E-state index is 5.76. The minimum absolute atomic E-state index is 0.805. The van der Waals surface area contributed by atoms with Crippen LogP contribution in [-0.4, -0.2) is 0 Å². The fourth-order valence-corrected chi connectivity index (χ4v) is 2.02. The van der Waals surface area contributed by atoms with Crippen molar-refractivity contribution in [2.75, 3.05) is 5.73 Å². The summed E-state index contributed by atoms with van der Waals surface area (Å²) >= 11 is 0. The van der Waals surface area contributed by atoms with E-state index < -0.39 is 0 Å². The number of nitrogen functional groups attached to an aromatic ring is 1. The predicted molar refractivity (Wildman–Crippen MR) is 64.1 cm³/mol. The second kappa shape index (κ2) is 2.99. The number of hydrogen-bond acceptors (Lipinski definition) is 1. The first kappa shape index (κ1) is 8.30. The van der Waals surface area contributed by atoms with Crippen LogP contribution in [0.25, 0.3) is 22.3 Å². The van der Waals surface area contributed by atoms with E-state index in [4.69, 9.17) is 5.73 Å². The average molecular weight is 193 g/mol. The van der Waals surface area contributed by atoms with Gasteiger partial charge in [-0.1, -0.05) is 42.5 Å². The van der Waals surface area contributed by atoms with Gasteiger partial charge in [0.15, 0.2) is 0 Å². The van der Waals surface area contributed by atoms with E-state index in [1.54, 1.807) is 0 Å². The summed E-state index contributed by atoms with van der Waals surface area (Å²) in [4.78, 5) is 0. The molecule has 0 aliphatic heterocycles. The first-order chi connectivity index (χ1) is 7.36. The van der Waals surface area contributed by atoms with Gasteiger partial charge in [0.25, 0.3) is 0 Å². The first-order valence-electron chi connectivity index (χ1n) is 5.02. The molecule has 0 fully saturated rings. The van der Waals surface area contributed by atoms with Crippen molar-refractivity contribution >= 4 is 5.69 Å². The number of hydrogen-bond donors (Lipinski definition) is 1. The zero-order valence-electron chi connectivity index (χ0n) is 8.27. The van der Waals surface area contributed by atoms with Crippen molar-refractivity contribution in [1.29, 1.82) is 0 Å². The van der Waals surface area contributed by atoms with Gasteiger partial charge < -0.3 is 5.73 Å². The Bertz CT molecular complexity index is 509. The van der Waals surface area contributed by atoms with E-state index in [1.807, 2.05) is 18.2 Å². The molecule has 0 spiro atoms. The van der Waals surface area contributed by atoms with Crippen molar-refractivity contribution in [2.24, 2.45) is 0 Å². The van der Waals surface area contributed by atoms with E-state index in [0.29, 0.717) is 0 Å². The van der Waals surface area contributed by atoms with Gasteiger partial charge in [0.05, 0.1) is 0 Å². The fraction of sp³-hybridized carbons (Fsp3) is 0. The van der Waals surface area contributed by atoms with E-state index in [2.05, 4.69) is 36.4 Å². The lowest BCUT2D eigenvalue weighted by atomic mass is 9.84. The molecule has 1 nitrogen and oxygen atoms in total. The number of anilines is 1. The average Bonchev–Trinajstić information content (AvgIpc) is 2.49. The summed E-state index contributed by atoms with van der Waals surface area (Å²) in [5.41, 5.74) is 11.8. The molecule has 3 rings (SSSR count). The fourth-order valence-electron chi connectivity index (χ4n) is 2.02. The minimum atomic E-state index is 0.805. The van der Waals surface area contributed by atoms with Crippen molar-refractivity contribution in [1.82, 2.24) is 0 Å². The molecule has 1 heteroatoms. The maximum absolute atomic E-state index is 5.76. The van der Waals surface area contributed by atoms with Crippen LogP contribution in [0.4, 0.5) is 5.69 Å². The molecule has 0 saturated carbocycles. The largest absolute Gasteiger partial charge is 0.399 e. The highest BCUT2D eigenvalue weighted by Crippen LogP contribution is 2.45. The monoisotopic (exact) mass is 193 g/mol. The molecule has 0 heterocycles. The summed E-state index contributed by atoms with van der Waals surface area (Å²) in [6.07, 6.45) is 0. The molecule has 3 aliphatic carbocycles. The summed E-state index contributed by atoms with van der Waals surface area (Å²) in [5.74, 6) is 0. The Hall–Kier alpha value is -2.02. The molecule has 0 aromatic carbocycles. The first-order valence-corrected chi connectivity index (χ1v) is 5.02. The normalized spacial score (nSPS) is 10.9. The Morgan fingerprint density at radius 3 is 1.53 bits per heavy atom. The molecule has 0 bridgehead atoms. The molecule has 3 aliphatic rings. The van der Waals surface area contributed by atoms with E-state index in [0.717, 1.165) is 5.69 Å². The van der Waals surface area contributed by atoms with Gasteiger partial charge in [-0.25, -0.2) is 0 Å². The number of rotatable bonds is 0. The molecule has 0 aromatic heterocycles. The SMILES string of the molecule is Nc1ccc2c3cccccc-3c-2cc1. The molecule has 0 amide bonds. The van der Waals surface area contributed by atoms with Gasteiger partial charge in [-0.3, -0.25) is 0 Å². The van der Waals surface area contributed by atoms with E-state index in [1.165, 1.54) is 22.3 Å². The van der Waals surface area contributed by atoms with Crippen molar-refractivity contribution in [3.05, 3.63) is 54.6 Å². The summed E-state index contributed by atoms with van der Waals surface area (Å²) in [5, 5.41) is 0. The van der Waals surface area contributed by atoms with Crippen LogP contribution in [0.2, 0.25) is 0 Å². The Labute approximate surface area is 88.8 Å². The van der Waals surface area contributed by atoms with Crippen LogP contribution < -0.4 is 5.73 Å². The van der Waals surface area contributed by atoms with Crippen LogP contribution in [0, 0.1) is 0 Å². The van der Waals surface area contributed by atoms with E-state index in [9.17, 15) is 0 Å². The van der Waals surface area contributed by atoms with Gasteiger partial charge in [-0.15, -0.1) is 0 Å². The summed E-state index contributed by atoms with van der Waals surface area (Å²) in [6.45, 7) is 0. The zero-order chi connectivity index (χ0) is 10.3. The van der Waals surface area contributed by atoms with Gasteiger partial charge in [-0.05, 0) is 34.4 Å². The highest BCUT2D eigenvalue weighted by molar-refractivity contribution is 6.01. The van der Waals surface area contributed by atoms with E-state index in [-0.39, 0.29) is 0 Å². The van der Waals surface area contributed by atoms with Crippen LogP contribution in [0.1, 0.15) is 0 Å². The van der Waals surface area contributed by atoms with Gasteiger partial charge in [-0.2, -0.15) is 0 Å². The molecular weight excluding hydrogens is 182 g/mol. The lowest BCUT2D eigenvalue weighted by Crippen LogP contribution is -1.92. The molecule has 72 valence electrons. The third-order valence-electron chi connectivity index (χ3n) is 2.79. The van der Waals surface area contributed by atoms with Crippen molar-refractivity contribution in [3.63, 3.8) is 0 Å². The third-order valence-corrected chi connectivity index (χ3v) is 2.79. The minimum Gasteiger partial charge on any atom is -0.399 e. The smallest absolute Gasteiger partial charge is 0.0314 e. The van der Waals surface area contributed by atoms with Crippen molar-refractivity contribution in [3.8, 4) is 22.3 Å². The molecule has 0 atom stereocenters. The highest BCUT2D eigenvalue weighted by atomic mass is 14.5. The Morgan fingerprint density at radius 2 is 1.00 bits per heavy atom. The molecule has 0 aromatic rings. The maximum Gasteiger partial charge on any atom is 0.0314 e. The number of nitrogens with two attached hydrogens (primary N) is 1. The van der Waals surface area contributed by atoms with Gasteiger partial charge >= 0.3 is 0 Å².